The van der Waals surface area contributed by atoms with Crippen molar-refractivity contribution in [1.82, 2.24) is 14.9 Å². The van der Waals surface area contributed by atoms with Gasteiger partial charge in [-0.15, -0.1) is 0 Å². The highest BCUT2D eigenvalue weighted by Gasteiger charge is 2.19. The van der Waals surface area contributed by atoms with Gasteiger partial charge in [0.25, 0.3) is 0 Å². The van der Waals surface area contributed by atoms with E-state index in [9.17, 15) is 0 Å². The van der Waals surface area contributed by atoms with E-state index in [1.807, 2.05) is 30.3 Å². The van der Waals surface area contributed by atoms with E-state index < -0.39 is 0 Å². The molecule has 0 radical (unpaired) electrons. The molecule has 36 heavy (non-hydrogen) atoms. The normalized spacial score (nSPS) is 17.4. The van der Waals surface area contributed by atoms with Gasteiger partial charge in [0.2, 0.25) is 0 Å². The summed E-state index contributed by atoms with van der Waals surface area (Å²) in [6, 6.07) is 18.9. The van der Waals surface area contributed by atoms with Crippen molar-refractivity contribution in [2.45, 2.75) is 13.3 Å². The van der Waals surface area contributed by atoms with Crippen LogP contribution >= 0.6 is 0 Å². The topological polar surface area (TPSA) is 65.9 Å². The Balaban J connectivity index is 1.27. The predicted octanol–water partition coefficient (Wildman–Crippen LogP) is 4.89. The minimum atomic E-state index is 0.332. The van der Waals surface area contributed by atoms with Gasteiger partial charge in [-0.3, -0.25) is 4.99 Å². The van der Waals surface area contributed by atoms with Crippen LogP contribution in [0.15, 0.2) is 71.2 Å². The molecule has 0 unspecified atom stereocenters. The second-order valence-electron chi connectivity index (χ2n) is 9.68. The smallest absolute Gasteiger partial charge is 0.325 e. The van der Waals surface area contributed by atoms with E-state index in [0.29, 0.717) is 18.4 Å². The standard InChI is InChI=1S/C29H30N6O/c1-20-14-22-8-9-25(16-23(22)15-20)36-29-32-27(18-28(33-29)35-12-10-34(2)11-13-35)31-26-17-24(19-30-26)21-6-4-3-5-7-21/h3-9,15-18H,10-14,19H2,1-2H3,(H,30,31,32,33). The lowest BCUT2D eigenvalue weighted by Crippen LogP contribution is -2.44. The molecular weight excluding hydrogens is 448 g/mol. The molecule has 0 bridgehead atoms. The van der Waals surface area contributed by atoms with Gasteiger partial charge >= 0.3 is 6.01 Å². The Morgan fingerprint density at radius 1 is 0.917 bits per heavy atom. The van der Waals surface area contributed by atoms with Gasteiger partial charge in [-0.2, -0.15) is 9.97 Å². The molecule has 1 fully saturated rings. The molecule has 1 aromatic heterocycles. The fraction of sp³-hybridized carbons (Fsp3) is 0.276. The van der Waals surface area contributed by atoms with Crippen LogP contribution in [-0.4, -0.2) is 60.5 Å². The molecule has 0 spiro atoms. The fourth-order valence-electron chi connectivity index (χ4n) is 4.83. The molecule has 3 aliphatic rings. The van der Waals surface area contributed by atoms with E-state index in [1.165, 1.54) is 27.8 Å². The molecule has 7 heteroatoms. The number of nitrogens with zero attached hydrogens (tertiary/aromatic N) is 5. The zero-order valence-electron chi connectivity index (χ0n) is 20.7. The van der Waals surface area contributed by atoms with Crippen LogP contribution in [0, 0.1) is 0 Å². The van der Waals surface area contributed by atoms with Crippen LogP contribution < -0.4 is 15.0 Å². The van der Waals surface area contributed by atoms with Crippen LogP contribution in [0.3, 0.4) is 0 Å². The quantitative estimate of drug-likeness (QED) is 0.563. The van der Waals surface area contributed by atoms with Crippen molar-refractivity contribution in [3.05, 3.63) is 82.9 Å². The number of anilines is 2. The lowest BCUT2D eigenvalue weighted by Gasteiger charge is -2.33. The number of fused-ring (bicyclic) bond motifs is 1. The van der Waals surface area contributed by atoms with Gasteiger partial charge in [0.15, 0.2) is 0 Å². The number of aromatic nitrogens is 2. The van der Waals surface area contributed by atoms with E-state index >= 15 is 0 Å². The third kappa shape index (κ3) is 4.88. The number of amidine groups is 1. The van der Waals surface area contributed by atoms with E-state index in [1.54, 1.807) is 0 Å². The number of rotatable bonds is 5. The highest BCUT2D eigenvalue weighted by atomic mass is 16.5. The second-order valence-corrected chi connectivity index (χ2v) is 9.68. The zero-order chi connectivity index (χ0) is 24.5. The third-order valence-corrected chi connectivity index (χ3v) is 6.85. The van der Waals surface area contributed by atoms with Crippen molar-refractivity contribution in [3.63, 3.8) is 0 Å². The maximum absolute atomic E-state index is 6.20. The van der Waals surface area contributed by atoms with Gasteiger partial charge in [-0.05, 0) is 60.9 Å². The van der Waals surface area contributed by atoms with E-state index in [2.05, 4.69) is 70.5 Å². The van der Waals surface area contributed by atoms with Crippen molar-refractivity contribution >= 4 is 29.1 Å². The molecule has 1 saturated heterocycles. The summed E-state index contributed by atoms with van der Waals surface area (Å²) in [4.78, 5) is 18.8. The van der Waals surface area contributed by atoms with E-state index in [4.69, 9.17) is 14.7 Å². The highest BCUT2D eigenvalue weighted by molar-refractivity contribution is 6.10. The Morgan fingerprint density at radius 2 is 1.75 bits per heavy atom. The summed E-state index contributed by atoms with van der Waals surface area (Å²) in [5, 5.41) is 3.40. The summed E-state index contributed by atoms with van der Waals surface area (Å²) in [5.74, 6) is 3.07. The molecule has 1 aliphatic carbocycles. The van der Waals surface area contributed by atoms with Gasteiger partial charge in [-0.1, -0.05) is 48.0 Å². The molecule has 7 nitrogen and oxygen atoms in total. The summed E-state index contributed by atoms with van der Waals surface area (Å²) in [6.45, 7) is 6.62. The van der Waals surface area contributed by atoms with Crippen LogP contribution in [0.1, 0.15) is 23.6 Å². The van der Waals surface area contributed by atoms with Crippen LogP contribution in [0.2, 0.25) is 0 Å². The summed E-state index contributed by atoms with van der Waals surface area (Å²) in [5.41, 5.74) is 6.27. The maximum atomic E-state index is 6.20. The Kier molecular flexibility index (Phi) is 5.99. The molecule has 2 aliphatic heterocycles. The molecule has 0 atom stereocenters. The number of hydrogen-bond donors (Lipinski definition) is 1. The largest absolute Gasteiger partial charge is 0.424 e. The first-order valence-corrected chi connectivity index (χ1v) is 12.5. The van der Waals surface area contributed by atoms with Gasteiger partial charge in [-0.25, -0.2) is 0 Å². The molecular formula is C29H30N6O. The first kappa shape index (κ1) is 22.5. The molecule has 0 saturated carbocycles. The van der Waals surface area contributed by atoms with Gasteiger partial charge in [0.1, 0.15) is 23.2 Å². The van der Waals surface area contributed by atoms with Crippen molar-refractivity contribution < 1.29 is 4.74 Å². The number of allylic oxidation sites excluding steroid dienone is 1. The zero-order valence-corrected chi connectivity index (χ0v) is 20.7. The Hall–Kier alpha value is -3.97. The number of benzene rings is 2. The van der Waals surface area contributed by atoms with Crippen LogP contribution in [-0.2, 0) is 6.42 Å². The number of piperazine rings is 1. The first-order valence-electron chi connectivity index (χ1n) is 12.5. The number of ether oxygens (including phenoxy) is 1. The Morgan fingerprint density at radius 3 is 2.58 bits per heavy atom. The molecule has 3 aromatic rings. The Labute approximate surface area is 211 Å². The van der Waals surface area contributed by atoms with Crippen LogP contribution in [0.4, 0.5) is 11.6 Å². The lowest BCUT2D eigenvalue weighted by molar-refractivity contribution is 0.311. The third-order valence-electron chi connectivity index (χ3n) is 6.85. The minimum Gasteiger partial charge on any atom is -0.424 e. The first-order chi connectivity index (χ1) is 17.6. The molecule has 182 valence electrons. The average Bonchev–Trinajstić information content (AvgIpc) is 3.50. The fourth-order valence-corrected chi connectivity index (χ4v) is 4.83. The van der Waals surface area contributed by atoms with Crippen molar-refractivity contribution in [2.24, 2.45) is 4.99 Å². The average molecular weight is 479 g/mol. The van der Waals surface area contributed by atoms with Crippen molar-refractivity contribution in [3.8, 4) is 11.8 Å². The molecule has 6 rings (SSSR count). The molecule has 2 aromatic carbocycles. The SMILES string of the molecule is CC1=Cc2cc(Oc3nc(NC4=NCC(c5ccccc5)=C4)cc(N4CCN(C)CC4)n3)ccc2C1. The monoisotopic (exact) mass is 478 g/mol. The number of hydrogen-bond acceptors (Lipinski definition) is 7. The van der Waals surface area contributed by atoms with Crippen molar-refractivity contribution in [1.29, 1.82) is 0 Å². The van der Waals surface area contributed by atoms with Gasteiger partial charge < -0.3 is 19.9 Å². The van der Waals surface area contributed by atoms with Gasteiger partial charge in [0, 0.05) is 32.2 Å². The Bertz CT molecular complexity index is 1370. The number of likely N-dealkylation sites (N-methyl/N-ethyl adjacent to an activating group) is 1. The summed E-state index contributed by atoms with van der Waals surface area (Å²) in [7, 11) is 2.15. The van der Waals surface area contributed by atoms with Crippen LogP contribution in [0.25, 0.3) is 11.6 Å². The summed E-state index contributed by atoms with van der Waals surface area (Å²) in [6.07, 6.45) is 5.30. The maximum Gasteiger partial charge on any atom is 0.325 e. The summed E-state index contributed by atoms with van der Waals surface area (Å²) < 4.78 is 6.20. The van der Waals surface area contributed by atoms with E-state index in [-0.39, 0.29) is 0 Å². The predicted molar refractivity (Wildman–Crippen MR) is 146 cm³/mol. The molecule has 0 amide bonds. The van der Waals surface area contributed by atoms with Crippen LogP contribution in [0.5, 0.6) is 11.8 Å². The lowest BCUT2D eigenvalue weighted by atomic mass is 10.1. The number of nitrogens with one attached hydrogen (secondary N) is 1. The highest BCUT2D eigenvalue weighted by Crippen LogP contribution is 2.31. The van der Waals surface area contributed by atoms with E-state index in [0.717, 1.165) is 50.0 Å². The number of aliphatic imine (C=N–C) groups is 1. The minimum absolute atomic E-state index is 0.332. The van der Waals surface area contributed by atoms with Crippen molar-refractivity contribution in [2.75, 3.05) is 50.0 Å². The van der Waals surface area contributed by atoms with Gasteiger partial charge in [0.05, 0.1) is 6.54 Å². The summed E-state index contributed by atoms with van der Waals surface area (Å²) >= 11 is 0. The molecule has 1 N–H and O–H groups in total. The second kappa shape index (κ2) is 9.59. The molecule has 3 heterocycles.